The van der Waals surface area contributed by atoms with Crippen LogP contribution in [0.1, 0.15) is 35.7 Å². The highest BCUT2D eigenvalue weighted by Crippen LogP contribution is 2.29. The Bertz CT molecular complexity index is 551. The normalized spacial score (nSPS) is 20.0. The van der Waals surface area contributed by atoms with Gasteiger partial charge in [0.1, 0.15) is 0 Å². The average Bonchev–Trinajstić information content (AvgIpc) is 3.02. The van der Waals surface area contributed by atoms with Gasteiger partial charge in [-0.15, -0.1) is 0 Å². The molecule has 4 N–H and O–H groups in total. The van der Waals surface area contributed by atoms with E-state index < -0.39 is 0 Å². The first kappa shape index (κ1) is 14.2. The molecule has 2 heterocycles. The number of likely N-dealkylation sites (tertiary alicyclic amines) is 1. The zero-order valence-electron chi connectivity index (χ0n) is 12.6. The quantitative estimate of drug-likeness (QED) is 0.824. The summed E-state index contributed by atoms with van der Waals surface area (Å²) < 4.78 is 0. The molecule has 0 saturated carbocycles. The van der Waals surface area contributed by atoms with Crippen LogP contribution in [0.4, 0.5) is 11.4 Å². The number of nitrogens with zero attached hydrogens (tertiary/aromatic N) is 2. The Balaban J connectivity index is 1.64. The summed E-state index contributed by atoms with van der Waals surface area (Å²) in [5.41, 5.74) is 14.4. The Hall–Kier alpha value is -1.75. The molecular formula is C16H24N4O. The first-order valence-electron chi connectivity index (χ1n) is 7.74. The van der Waals surface area contributed by atoms with Gasteiger partial charge in [-0.25, -0.2) is 0 Å². The summed E-state index contributed by atoms with van der Waals surface area (Å²) in [6.45, 7) is 7.14. The molecule has 0 aromatic heterocycles. The maximum Gasteiger partial charge on any atom is 0.254 e. The van der Waals surface area contributed by atoms with Crippen LogP contribution in [0.2, 0.25) is 0 Å². The van der Waals surface area contributed by atoms with Gasteiger partial charge < -0.3 is 21.3 Å². The van der Waals surface area contributed by atoms with Gasteiger partial charge in [0.05, 0.1) is 11.4 Å². The van der Waals surface area contributed by atoms with Crippen LogP contribution in [0.3, 0.4) is 0 Å². The lowest BCUT2D eigenvalue weighted by Gasteiger charge is -2.24. The molecule has 3 rings (SSSR count). The molecule has 0 radical (unpaired) electrons. The molecule has 1 fully saturated rings. The third-order valence-electron chi connectivity index (χ3n) is 4.49. The van der Waals surface area contributed by atoms with Crippen molar-refractivity contribution in [2.45, 2.75) is 26.3 Å². The number of rotatable bonds is 4. The zero-order valence-corrected chi connectivity index (χ0v) is 12.6. The Morgan fingerprint density at radius 2 is 1.81 bits per heavy atom. The number of hydrogen-bond acceptors (Lipinski definition) is 4. The Labute approximate surface area is 125 Å². The second kappa shape index (κ2) is 5.56. The van der Waals surface area contributed by atoms with Crippen LogP contribution < -0.4 is 11.5 Å². The number of anilines is 2. The van der Waals surface area contributed by atoms with Crippen molar-refractivity contribution in [3.63, 3.8) is 0 Å². The molecule has 1 amide bonds. The number of carbonyl (C=O) groups excluding carboxylic acids is 1. The Morgan fingerprint density at radius 3 is 2.52 bits per heavy atom. The van der Waals surface area contributed by atoms with Crippen molar-refractivity contribution in [3.05, 3.63) is 23.3 Å². The Kier molecular flexibility index (Phi) is 3.76. The smallest absolute Gasteiger partial charge is 0.254 e. The van der Waals surface area contributed by atoms with Gasteiger partial charge in [-0.2, -0.15) is 0 Å². The van der Waals surface area contributed by atoms with E-state index in [1.165, 1.54) is 25.9 Å². The minimum Gasteiger partial charge on any atom is -0.397 e. The van der Waals surface area contributed by atoms with E-state index in [1.807, 2.05) is 11.0 Å². The van der Waals surface area contributed by atoms with Crippen LogP contribution in [0.25, 0.3) is 0 Å². The monoisotopic (exact) mass is 288 g/mol. The summed E-state index contributed by atoms with van der Waals surface area (Å²) in [4.78, 5) is 16.9. The van der Waals surface area contributed by atoms with Crippen LogP contribution in [0.15, 0.2) is 12.1 Å². The van der Waals surface area contributed by atoms with Crippen molar-refractivity contribution in [1.82, 2.24) is 9.80 Å². The summed E-state index contributed by atoms with van der Waals surface area (Å²) in [6, 6.07) is 3.56. The van der Waals surface area contributed by atoms with Gasteiger partial charge in [-0.3, -0.25) is 4.79 Å². The lowest BCUT2D eigenvalue weighted by atomic mass is 10.1. The van der Waals surface area contributed by atoms with Gasteiger partial charge in [0, 0.05) is 25.2 Å². The molecule has 1 aromatic carbocycles. The molecule has 0 aliphatic carbocycles. The van der Waals surface area contributed by atoms with E-state index in [-0.39, 0.29) is 5.91 Å². The summed E-state index contributed by atoms with van der Waals surface area (Å²) in [5, 5.41) is 0. The molecule has 0 spiro atoms. The second-order valence-electron chi connectivity index (χ2n) is 6.44. The molecule has 1 aromatic rings. The largest absolute Gasteiger partial charge is 0.397 e. The van der Waals surface area contributed by atoms with Gasteiger partial charge in [-0.05, 0) is 49.5 Å². The maximum atomic E-state index is 12.4. The van der Waals surface area contributed by atoms with Crippen molar-refractivity contribution in [1.29, 1.82) is 0 Å². The number of amides is 1. The number of fused-ring (bicyclic) bond motifs is 1. The van der Waals surface area contributed by atoms with Crippen molar-refractivity contribution >= 4 is 17.3 Å². The number of benzene rings is 1. The maximum absolute atomic E-state index is 12.4. The van der Waals surface area contributed by atoms with Crippen LogP contribution in [0, 0.1) is 5.92 Å². The van der Waals surface area contributed by atoms with E-state index >= 15 is 0 Å². The second-order valence-corrected chi connectivity index (χ2v) is 6.44. The molecule has 2 aliphatic rings. The van der Waals surface area contributed by atoms with Gasteiger partial charge in [0.2, 0.25) is 0 Å². The van der Waals surface area contributed by atoms with Crippen molar-refractivity contribution < 1.29 is 4.79 Å². The van der Waals surface area contributed by atoms with Crippen LogP contribution >= 0.6 is 0 Å². The van der Waals surface area contributed by atoms with Gasteiger partial charge >= 0.3 is 0 Å². The summed E-state index contributed by atoms with van der Waals surface area (Å²) in [5.74, 6) is 0.570. The fraction of sp³-hybridized carbons (Fsp3) is 0.562. The fourth-order valence-corrected chi connectivity index (χ4v) is 3.45. The predicted molar refractivity (Wildman–Crippen MR) is 84.8 cm³/mol. The molecule has 1 unspecified atom stereocenters. The zero-order chi connectivity index (χ0) is 15.0. The van der Waals surface area contributed by atoms with E-state index in [0.717, 1.165) is 24.2 Å². The van der Waals surface area contributed by atoms with E-state index in [4.69, 9.17) is 11.5 Å². The lowest BCUT2D eigenvalue weighted by Crippen LogP contribution is -2.34. The molecule has 1 atom stereocenters. The molecule has 114 valence electrons. The molecule has 5 heteroatoms. The SMILES string of the molecule is CC(CN1CCCC1)CN1Cc2cc(N)c(N)cc2C1=O. The fourth-order valence-electron chi connectivity index (χ4n) is 3.45. The highest BCUT2D eigenvalue weighted by atomic mass is 16.2. The van der Waals surface area contributed by atoms with Gasteiger partial charge in [0.15, 0.2) is 0 Å². The van der Waals surface area contributed by atoms with E-state index in [9.17, 15) is 4.79 Å². The first-order valence-corrected chi connectivity index (χ1v) is 7.74. The van der Waals surface area contributed by atoms with E-state index in [1.54, 1.807) is 6.07 Å². The van der Waals surface area contributed by atoms with Crippen LogP contribution in [-0.2, 0) is 6.54 Å². The van der Waals surface area contributed by atoms with Gasteiger partial charge in [0.25, 0.3) is 5.91 Å². The standard InChI is InChI=1S/C16H24N4O/c1-11(8-19-4-2-3-5-19)9-20-10-12-6-14(17)15(18)7-13(12)16(20)21/h6-7,11H,2-5,8-10,17-18H2,1H3. The van der Waals surface area contributed by atoms with Crippen molar-refractivity contribution in [2.24, 2.45) is 5.92 Å². The first-order chi connectivity index (χ1) is 10.0. The highest BCUT2D eigenvalue weighted by Gasteiger charge is 2.29. The molecule has 0 bridgehead atoms. The highest BCUT2D eigenvalue weighted by molar-refractivity contribution is 6.00. The minimum atomic E-state index is 0.0879. The summed E-state index contributed by atoms with van der Waals surface area (Å²) in [7, 11) is 0. The molecule has 1 saturated heterocycles. The van der Waals surface area contributed by atoms with Gasteiger partial charge in [-0.1, -0.05) is 6.92 Å². The average molecular weight is 288 g/mol. The Morgan fingerprint density at radius 1 is 1.14 bits per heavy atom. The molecule has 5 nitrogen and oxygen atoms in total. The lowest BCUT2D eigenvalue weighted by molar-refractivity contribution is 0.0745. The third kappa shape index (κ3) is 2.83. The summed E-state index contributed by atoms with van der Waals surface area (Å²) in [6.07, 6.45) is 2.61. The van der Waals surface area contributed by atoms with Crippen molar-refractivity contribution in [2.75, 3.05) is 37.6 Å². The number of nitrogen functional groups attached to an aromatic ring is 2. The third-order valence-corrected chi connectivity index (χ3v) is 4.49. The van der Waals surface area contributed by atoms with Crippen molar-refractivity contribution in [3.8, 4) is 0 Å². The molecular weight excluding hydrogens is 264 g/mol. The molecule has 2 aliphatic heterocycles. The predicted octanol–water partition coefficient (Wildman–Crippen LogP) is 1.54. The van der Waals surface area contributed by atoms with Crippen LogP contribution in [0.5, 0.6) is 0 Å². The number of hydrogen-bond donors (Lipinski definition) is 2. The topological polar surface area (TPSA) is 75.6 Å². The van der Waals surface area contributed by atoms with E-state index in [2.05, 4.69) is 11.8 Å². The van der Waals surface area contributed by atoms with E-state index in [0.29, 0.717) is 23.8 Å². The van der Waals surface area contributed by atoms with Crippen LogP contribution in [-0.4, -0.2) is 41.9 Å². The minimum absolute atomic E-state index is 0.0879. The number of nitrogens with two attached hydrogens (primary N) is 2. The summed E-state index contributed by atoms with van der Waals surface area (Å²) >= 11 is 0. The molecule has 21 heavy (non-hydrogen) atoms. The number of carbonyl (C=O) groups is 1.